The highest BCUT2D eigenvalue weighted by Crippen LogP contribution is 2.16. The Labute approximate surface area is 162 Å². The minimum absolute atomic E-state index is 0. The summed E-state index contributed by atoms with van der Waals surface area (Å²) in [5.74, 6) is 1.50. The SMILES string of the molecule is CN=C(NCc1ncccc1C)N1CCC(COCCOC)C1.I. The normalized spacial score (nSPS) is 17.7. The van der Waals surface area contributed by atoms with Gasteiger partial charge >= 0.3 is 0 Å². The predicted molar refractivity (Wildman–Crippen MR) is 107 cm³/mol. The van der Waals surface area contributed by atoms with Crippen molar-refractivity contribution in [3.63, 3.8) is 0 Å². The van der Waals surface area contributed by atoms with E-state index in [9.17, 15) is 0 Å². The van der Waals surface area contributed by atoms with Crippen molar-refractivity contribution in [1.82, 2.24) is 15.2 Å². The molecular weight excluding hydrogens is 419 g/mol. The number of hydrogen-bond donors (Lipinski definition) is 1. The Morgan fingerprint density at radius 3 is 3.00 bits per heavy atom. The smallest absolute Gasteiger partial charge is 0.193 e. The van der Waals surface area contributed by atoms with E-state index in [1.807, 2.05) is 19.3 Å². The molecule has 7 heteroatoms. The molecule has 2 heterocycles. The number of nitrogens with zero attached hydrogens (tertiary/aromatic N) is 3. The van der Waals surface area contributed by atoms with Crippen LogP contribution in [0.3, 0.4) is 0 Å². The monoisotopic (exact) mass is 448 g/mol. The second kappa shape index (κ2) is 11.6. The van der Waals surface area contributed by atoms with Crippen LogP contribution in [0, 0.1) is 12.8 Å². The van der Waals surface area contributed by atoms with E-state index in [-0.39, 0.29) is 24.0 Å². The third-order valence-electron chi connectivity index (χ3n) is 4.11. The zero-order chi connectivity index (χ0) is 16.5. The Kier molecular flexibility index (Phi) is 10.2. The lowest BCUT2D eigenvalue weighted by atomic mass is 10.1. The van der Waals surface area contributed by atoms with Crippen LogP contribution in [0.25, 0.3) is 0 Å². The van der Waals surface area contributed by atoms with Gasteiger partial charge in [0.25, 0.3) is 0 Å². The third-order valence-corrected chi connectivity index (χ3v) is 4.11. The second-order valence-corrected chi connectivity index (χ2v) is 5.84. The Morgan fingerprint density at radius 2 is 2.29 bits per heavy atom. The highest BCUT2D eigenvalue weighted by atomic mass is 127. The van der Waals surface area contributed by atoms with Crippen LogP contribution in [0.4, 0.5) is 0 Å². The summed E-state index contributed by atoms with van der Waals surface area (Å²) in [4.78, 5) is 11.1. The molecule has 1 aromatic heterocycles. The Bertz CT molecular complexity index is 513. The van der Waals surface area contributed by atoms with E-state index in [0.717, 1.165) is 37.8 Å². The molecule has 1 aromatic rings. The van der Waals surface area contributed by atoms with Crippen molar-refractivity contribution in [3.05, 3.63) is 29.6 Å². The maximum absolute atomic E-state index is 5.64. The van der Waals surface area contributed by atoms with Crippen LogP contribution in [0.2, 0.25) is 0 Å². The number of aryl methyl sites for hydroxylation is 1. The van der Waals surface area contributed by atoms with Crippen molar-refractivity contribution in [1.29, 1.82) is 0 Å². The van der Waals surface area contributed by atoms with Crippen LogP contribution in [0.5, 0.6) is 0 Å². The van der Waals surface area contributed by atoms with E-state index in [1.165, 1.54) is 5.56 Å². The summed E-state index contributed by atoms with van der Waals surface area (Å²) in [6, 6.07) is 4.04. The number of aromatic nitrogens is 1. The first kappa shape index (κ1) is 21.1. The summed E-state index contributed by atoms with van der Waals surface area (Å²) in [5.41, 5.74) is 2.26. The fourth-order valence-corrected chi connectivity index (χ4v) is 2.75. The molecule has 2 rings (SSSR count). The third kappa shape index (κ3) is 6.52. The van der Waals surface area contributed by atoms with E-state index in [2.05, 4.69) is 33.2 Å². The van der Waals surface area contributed by atoms with Crippen molar-refractivity contribution in [2.24, 2.45) is 10.9 Å². The first-order valence-electron chi connectivity index (χ1n) is 8.17. The molecule has 24 heavy (non-hydrogen) atoms. The van der Waals surface area contributed by atoms with Gasteiger partial charge in [0.05, 0.1) is 32.1 Å². The first-order valence-corrected chi connectivity index (χ1v) is 8.17. The number of guanidine groups is 1. The maximum atomic E-state index is 5.64. The van der Waals surface area contributed by atoms with Crippen LogP contribution >= 0.6 is 24.0 Å². The molecule has 1 fully saturated rings. The van der Waals surface area contributed by atoms with Gasteiger partial charge in [0.1, 0.15) is 0 Å². The van der Waals surface area contributed by atoms with E-state index in [1.54, 1.807) is 7.11 Å². The average molecular weight is 448 g/mol. The van der Waals surface area contributed by atoms with Gasteiger partial charge in [0, 0.05) is 39.4 Å². The molecule has 6 nitrogen and oxygen atoms in total. The topological polar surface area (TPSA) is 59.0 Å². The van der Waals surface area contributed by atoms with Gasteiger partial charge in [-0.15, -0.1) is 24.0 Å². The molecule has 1 unspecified atom stereocenters. The average Bonchev–Trinajstić information content (AvgIpc) is 3.02. The summed E-state index contributed by atoms with van der Waals surface area (Å²) in [5, 5.41) is 3.42. The molecule has 0 radical (unpaired) electrons. The molecule has 1 aliphatic heterocycles. The van der Waals surface area contributed by atoms with Gasteiger partial charge in [-0.1, -0.05) is 6.07 Å². The van der Waals surface area contributed by atoms with Gasteiger partial charge in [0.15, 0.2) is 5.96 Å². The lowest BCUT2D eigenvalue weighted by Gasteiger charge is -2.22. The van der Waals surface area contributed by atoms with Gasteiger partial charge < -0.3 is 19.7 Å². The quantitative estimate of drug-likeness (QED) is 0.300. The minimum atomic E-state index is 0. The predicted octanol–water partition coefficient (Wildman–Crippen LogP) is 2.07. The minimum Gasteiger partial charge on any atom is -0.382 e. The number of rotatable bonds is 7. The van der Waals surface area contributed by atoms with E-state index in [0.29, 0.717) is 25.7 Å². The molecule has 1 saturated heterocycles. The Balaban J connectivity index is 0.00000288. The molecular formula is C17H29IN4O2. The van der Waals surface area contributed by atoms with Crippen molar-refractivity contribution in [2.75, 3.05) is 47.1 Å². The van der Waals surface area contributed by atoms with Crippen molar-refractivity contribution in [2.45, 2.75) is 19.9 Å². The first-order chi connectivity index (χ1) is 11.2. The van der Waals surface area contributed by atoms with E-state index in [4.69, 9.17) is 9.47 Å². The maximum Gasteiger partial charge on any atom is 0.193 e. The van der Waals surface area contributed by atoms with Crippen LogP contribution < -0.4 is 5.32 Å². The van der Waals surface area contributed by atoms with Gasteiger partial charge in [0.2, 0.25) is 0 Å². The molecule has 1 N–H and O–H groups in total. The molecule has 1 atom stereocenters. The van der Waals surface area contributed by atoms with Crippen molar-refractivity contribution < 1.29 is 9.47 Å². The number of ether oxygens (including phenoxy) is 2. The molecule has 0 bridgehead atoms. The van der Waals surface area contributed by atoms with Gasteiger partial charge in [-0.05, 0) is 25.0 Å². The number of pyridine rings is 1. The summed E-state index contributed by atoms with van der Waals surface area (Å²) >= 11 is 0. The number of likely N-dealkylation sites (tertiary alicyclic amines) is 1. The van der Waals surface area contributed by atoms with E-state index < -0.39 is 0 Å². The molecule has 0 saturated carbocycles. The van der Waals surface area contributed by atoms with Gasteiger partial charge in [-0.2, -0.15) is 0 Å². The zero-order valence-electron chi connectivity index (χ0n) is 14.8. The van der Waals surface area contributed by atoms with Crippen LogP contribution in [0.1, 0.15) is 17.7 Å². The van der Waals surface area contributed by atoms with E-state index >= 15 is 0 Å². The number of aliphatic imine (C=N–C) groups is 1. The summed E-state index contributed by atoms with van der Waals surface area (Å²) in [6.07, 6.45) is 2.96. The highest BCUT2D eigenvalue weighted by Gasteiger charge is 2.24. The molecule has 136 valence electrons. The van der Waals surface area contributed by atoms with Crippen LogP contribution in [0.15, 0.2) is 23.3 Å². The molecule has 0 aliphatic carbocycles. The number of halogens is 1. The standard InChI is InChI=1S/C17H28N4O2.HI/c1-14-5-4-7-19-16(14)11-20-17(18-2)21-8-6-15(12-21)13-23-10-9-22-3;/h4-5,7,15H,6,8-13H2,1-3H3,(H,18,20);1H. The lowest BCUT2D eigenvalue weighted by molar-refractivity contribution is 0.0536. The molecule has 0 aromatic carbocycles. The zero-order valence-corrected chi connectivity index (χ0v) is 17.2. The number of hydrogen-bond acceptors (Lipinski definition) is 4. The summed E-state index contributed by atoms with van der Waals surface area (Å²) < 4.78 is 10.6. The Hall–Kier alpha value is -0.930. The summed E-state index contributed by atoms with van der Waals surface area (Å²) in [6.45, 7) is 6.88. The van der Waals surface area contributed by atoms with Crippen molar-refractivity contribution >= 4 is 29.9 Å². The number of methoxy groups -OCH3 is 1. The van der Waals surface area contributed by atoms with Crippen molar-refractivity contribution in [3.8, 4) is 0 Å². The molecule has 1 aliphatic rings. The Morgan fingerprint density at radius 1 is 1.46 bits per heavy atom. The fourth-order valence-electron chi connectivity index (χ4n) is 2.75. The van der Waals surface area contributed by atoms with Gasteiger partial charge in [-0.25, -0.2) is 0 Å². The fraction of sp³-hybridized carbons (Fsp3) is 0.647. The van der Waals surface area contributed by atoms with Gasteiger partial charge in [-0.3, -0.25) is 9.98 Å². The highest BCUT2D eigenvalue weighted by molar-refractivity contribution is 14.0. The molecule has 0 amide bonds. The van der Waals surface area contributed by atoms with Crippen LogP contribution in [-0.4, -0.2) is 62.9 Å². The molecule has 0 spiro atoms. The number of nitrogens with one attached hydrogen (secondary N) is 1. The second-order valence-electron chi connectivity index (χ2n) is 5.84. The lowest BCUT2D eigenvalue weighted by Crippen LogP contribution is -2.40. The van der Waals surface area contributed by atoms with Crippen LogP contribution in [-0.2, 0) is 16.0 Å². The summed E-state index contributed by atoms with van der Waals surface area (Å²) in [7, 11) is 3.52. The largest absolute Gasteiger partial charge is 0.382 e.